The highest BCUT2D eigenvalue weighted by Gasteiger charge is 2.28. The lowest BCUT2D eigenvalue weighted by Crippen LogP contribution is -2.44. The highest BCUT2D eigenvalue weighted by molar-refractivity contribution is 7.71. The van der Waals surface area contributed by atoms with Gasteiger partial charge in [-0.25, -0.2) is 0 Å². The molecule has 1 fully saturated rings. The third-order valence-corrected chi connectivity index (χ3v) is 6.70. The van der Waals surface area contributed by atoms with Crippen LogP contribution in [0, 0.1) is 16.6 Å². The Balaban J connectivity index is 1.51. The van der Waals surface area contributed by atoms with Crippen molar-refractivity contribution in [3.8, 4) is 5.69 Å². The molecule has 4 rings (SSSR count). The quantitative estimate of drug-likeness (QED) is 0.608. The molecule has 6 heteroatoms. The average Bonchev–Trinajstić information content (AvgIpc) is 2.73. The predicted molar refractivity (Wildman–Crippen MR) is 123 cm³/mol. The number of benzene rings is 2. The fraction of sp³-hybridized carbons (Fsp3) is 0.375. The normalized spacial score (nSPS) is 21.5. The third-order valence-electron chi connectivity index (χ3n) is 6.42. The lowest BCUT2D eigenvalue weighted by atomic mass is 9.78. The monoisotopic (exact) mass is 421 g/mol. The first kappa shape index (κ1) is 20.5. The van der Waals surface area contributed by atoms with Gasteiger partial charge in [-0.1, -0.05) is 51.0 Å². The van der Waals surface area contributed by atoms with Gasteiger partial charge in [0.25, 0.3) is 5.56 Å². The van der Waals surface area contributed by atoms with Crippen LogP contribution in [0.25, 0.3) is 16.6 Å². The second kappa shape index (κ2) is 8.56. The van der Waals surface area contributed by atoms with Crippen molar-refractivity contribution in [3.63, 3.8) is 0 Å². The van der Waals surface area contributed by atoms with Gasteiger partial charge in [0.15, 0.2) is 4.77 Å². The molecule has 2 aromatic carbocycles. The van der Waals surface area contributed by atoms with Gasteiger partial charge in [0.05, 0.1) is 23.0 Å². The van der Waals surface area contributed by atoms with Crippen LogP contribution in [-0.4, -0.2) is 21.5 Å². The van der Waals surface area contributed by atoms with Gasteiger partial charge < -0.3 is 10.3 Å². The van der Waals surface area contributed by atoms with E-state index in [1.54, 1.807) is 6.07 Å². The molecule has 3 atom stereocenters. The van der Waals surface area contributed by atoms with Gasteiger partial charge in [0.2, 0.25) is 5.91 Å². The van der Waals surface area contributed by atoms with Crippen molar-refractivity contribution in [3.05, 3.63) is 69.2 Å². The van der Waals surface area contributed by atoms with E-state index in [2.05, 4.69) is 24.1 Å². The summed E-state index contributed by atoms with van der Waals surface area (Å²) >= 11 is 5.41. The molecular formula is C24H27N3O2S. The average molecular weight is 422 g/mol. The fourth-order valence-electron chi connectivity index (χ4n) is 4.39. The molecule has 0 bridgehead atoms. The number of aromatic nitrogens is 2. The summed E-state index contributed by atoms with van der Waals surface area (Å²) in [6.07, 6.45) is 3.80. The molecule has 1 aliphatic rings. The first-order chi connectivity index (χ1) is 14.4. The molecule has 0 saturated heterocycles. The summed E-state index contributed by atoms with van der Waals surface area (Å²) in [6.45, 7) is 4.50. The summed E-state index contributed by atoms with van der Waals surface area (Å²) in [5.74, 6) is 1.20. The summed E-state index contributed by atoms with van der Waals surface area (Å²) in [7, 11) is 0. The van der Waals surface area contributed by atoms with E-state index in [1.165, 1.54) is 17.4 Å². The number of H-pyrrole nitrogens is 1. The van der Waals surface area contributed by atoms with Crippen LogP contribution in [0.15, 0.2) is 53.3 Å². The summed E-state index contributed by atoms with van der Waals surface area (Å²) in [4.78, 5) is 28.6. The molecule has 3 aromatic rings. The topological polar surface area (TPSA) is 66.9 Å². The first-order valence-corrected chi connectivity index (χ1v) is 11.0. The number of para-hydroxylation sites is 1. The largest absolute Gasteiger partial charge is 0.353 e. The van der Waals surface area contributed by atoms with Crippen molar-refractivity contribution in [1.29, 1.82) is 0 Å². The number of nitrogens with one attached hydrogen (secondary N) is 2. The molecule has 0 radical (unpaired) electrons. The molecule has 1 aromatic heterocycles. The van der Waals surface area contributed by atoms with E-state index in [4.69, 9.17) is 12.2 Å². The first-order valence-electron chi connectivity index (χ1n) is 10.6. The van der Waals surface area contributed by atoms with Crippen molar-refractivity contribution in [1.82, 2.24) is 14.9 Å². The van der Waals surface area contributed by atoms with Gasteiger partial charge in [-0.05, 0) is 60.3 Å². The van der Waals surface area contributed by atoms with Crippen molar-refractivity contribution in [2.45, 2.75) is 45.6 Å². The Bertz CT molecular complexity index is 1180. The Kier molecular flexibility index (Phi) is 5.86. The molecule has 0 aliphatic heterocycles. The zero-order valence-corrected chi connectivity index (χ0v) is 18.2. The molecule has 1 heterocycles. The predicted octanol–water partition coefficient (Wildman–Crippen LogP) is 4.53. The molecule has 5 nitrogen and oxygen atoms in total. The Morgan fingerprint density at radius 3 is 2.63 bits per heavy atom. The Morgan fingerprint density at radius 2 is 1.87 bits per heavy atom. The maximum atomic E-state index is 12.9. The fourth-order valence-corrected chi connectivity index (χ4v) is 4.69. The molecular weight excluding hydrogens is 394 g/mol. The number of amides is 1. The van der Waals surface area contributed by atoms with Crippen molar-refractivity contribution < 1.29 is 4.79 Å². The van der Waals surface area contributed by atoms with Crippen LogP contribution >= 0.6 is 12.2 Å². The summed E-state index contributed by atoms with van der Waals surface area (Å²) in [5.41, 5.74) is 2.17. The maximum absolute atomic E-state index is 12.9. The highest BCUT2D eigenvalue weighted by Crippen LogP contribution is 2.29. The number of aromatic amines is 1. The van der Waals surface area contributed by atoms with E-state index in [0.717, 1.165) is 17.5 Å². The van der Waals surface area contributed by atoms with E-state index in [1.807, 2.05) is 42.5 Å². The van der Waals surface area contributed by atoms with Crippen LogP contribution in [0.4, 0.5) is 0 Å². The minimum absolute atomic E-state index is 0.0499. The number of nitrogens with zero attached hydrogens (tertiary/aromatic N) is 1. The minimum atomic E-state index is -0.153. The molecule has 156 valence electrons. The second-order valence-electron chi connectivity index (χ2n) is 8.40. The molecule has 0 unspecified atom stereocenters. The summed E-state index contributed by atoms with van der Waals surface area (Å²) < 4.78 is 1.84. The zero-order chi connectivity index (χ0) is 21.3. The van der Waals surface area contributed by atoms with Gasteiger partial charge in [-0.2, -0.15) is 0 Å². The number of hydrogen-bond donors (Lipinski definition) is 2. The van der Waals surface area contributed by atoms with Gasteiger partial charge in [-0.15, -0.1) is 0 Å². The Labute approximate surface area is 181 Å². The van der Waals surface area contributed by atoms with E-state index < -0.39 is 0 Å². The van der Waals surface area contributed by atoms with E-state index in [-0.39, 0.29) is 17.5 Å². The maximum Gasteiger partial charge on any atom is 0.266 e. The van der Waals surface area contributed by atoms with Crippen molar-refractivity contribution in [2.75, 3.05) is 0 Å². The number of rotatable bonds is 4. The van der Waals surface area contributed by atoms with Crippen molar-refractivity contribution >= 4 is 29.0 Å². The van der Waals surface area contributed by atoms with Crippen LogP contribution in [0.3, 0.4) is 0 Å². The number of carbonyl (C=O) groups excluding carboxylic acids is 1. The standard InChI is InChI=1S/C24H27N3O2S/c1-15-6-5-9-20(16(15)2)25-22(28)14-17-10-12-18(13-11-17)27-23(29)19-7-3-4-8-21(19)26-24(27)30/h3-4,7-8,10-13,15-16,20H,5-6,9,14H2,1-2H3,(H,25,28)(H,26,30)/t15-,16+,20+/m1/s1. The van der Waals surface area contributed by atoms with E-state index in [9.17, 15) is 9.59 Å². The van der Waals surface area contributed by atoms with Crippen LogP contribution in [-0.2, 0) is 11.2 Å². The van der Waals surface area contributed by atoms with Crippen LogP contribution in [0.1, 0.15) is 38.7 Å². The lowest BCUT2D eigenvalue weighted by Gasteiger charge is -2.34. The van der Waals surface area contributed by atoms with Crippen molar-refractivity contribution in [2.24, 2.45) is 11.8 Å². The molecule has 0 spiro atoms. The van der Waals surface area contributed by atoms with Gasteiger partial charge in [0.1, 0.15) is 0 Å². The van der Waals surface area contributed by atoms with Gasteiger partial charge >= 0.3 is 0 Å². The Morgan fingerprint density at radius 1 is 1.13 bits per heavy atom. The minimum Gasteiger partial charge on any atom is -0.353 e. The third kappa shape index (κ3) is 4.10. The Hall–Kier alpha value is -2.73. The molecule has 30 heavy (non-hydrogen) atoms. The van der Waals surface area contributed by atoms with Gasteiger partial charge in [0, 0.05) is 6.04 Å². The van der Waals surface area contributed by atoms with Crippen LogP contribution < -0.4 is 10.9 Å². The van der Waals surface area contributed by atoms with Crippen LogP contribution in [0.2, 0.25) is 0 Å². The number of fused-ring (bicyclic) bond motifs is 1. The number of hydrogen-bond acceptors (Lipinski definition) is 3. The molecule has 2 N–H and O–H groups in total. The lowest BCUT2D eigenvalue weighted by molar-refractivity contribution is -0.121. The van der Waals surface area contributed by atoms with E-state index in [0.29, 0.717) is 34.1 Å². The zero-order valence-electron chi connectivity index (χ0n) is 17.4. The summed E-state index contributed by atoms with van der Waals surface area (Å²) in [6, 6.07) is 15.0. The molecule has 1 aliphatic carbocycles. The second-order valence-corrected chi connectivity index (χ2v) is 8.79. The van der Waals surface area contributed by atoms with Gasteiger partial charge in [-0.3, -0.25) is 14.2 Å². The smallest absolute Gasteiger partial charge is 0.266 e. The SMILES string of the molecule is C[C@H]1[C@H](C)CCC[C@@H]1NC(=O)Cc1ccc(-n2c(=S)[nH]c3ccccc3c2=O)cc1. The molecule has 1 amide bonds. The highest BCUT2D eigenvalue weighted by atomic mass is 32.1. The van der Waals surface area contributed by atoms with E-state index >= 15 is 0 Å². The number of carbonyl (C=O) groups is 1. The van der Waals surface area contributed by atoms with Crippen LogP contribution in [0.5, 0.6) is 0 Å². The molecule has 1 saturated carbocycles. The summed E-state index contributed by atoms with van der Waals surface area (Å²) in [5, 5.41) is 3.80.